The van der Waals surface area contributed by atoms with Crippen molar-refractivity contribution >= 4 is 22.0 Å². The molecule has 1 aromatic carbocycles. The SMILES string of the molecule is CCc1ccc2c(c1Br)CC=C2. The number of rotatable bonds is 1. The lowest BCUT2D eigenvalue weighted by Crippen LogP contribution is -1.90. The molecule has 1 heteroatoms. The van der Waals surface area contributed by atoms with Gasteiger partial charge in [0.15, 0.2) is 0 Å². The van der Waals surface area contributed by atoms with Gasteiger partial charge < -0.3 is 0 Å². The first-order valence-electron chi connectivity index (χ1n) is 4.29. The molecule has 0 unspecified atom stereocenters. The van der Waals surface area contributed by atoms with E-state index in [0.29, 0.717) is 0 Å². The Bertz CT molecular complexity index is 337. The first-order chi connectivity index (χ1) is 5.83. The maximum absolute atomic E-state index is 3.65. The number of halogens is 1. The Labute approximate surface area is 81.4 Å². The van der Waals surface area contributed by atoms with E-state index in [1.165, 1.54) is 21.2 Å². The molecule has 0 saturated carbocycles. The van der Waals surface area contributed by atoms with Crippen molar-refractivity contribution in [1.29, 1.82) is 0 Å². The van der Waals surface area contributed by atoms with Crippen molar-refractivity contribution in [2.75, 3.05) is 0 Å². The molecule has 0 aliphatic heterocycles. The predicted molar refractivity (Wildman–Crippen MR) is 56.3 cm³/mol. The lowest BCUT2D eigenvalue weighted by Gasteiger charge is -2.06. The van der Waals surface area contributed by atoms with Gasteiger partial charge in [-0.15, -0.1) is 0 Å². The fourth-order valence-corrected chi connectivity index (χ4v) is 2.43. The number of allylic oxidation sites excluding steroid dienone is 1. The molecule has 2 rings (SSSR count). The average Bonchev–Trinajstić information content (AvgIpc) is 2.53. The van der Waals surface area contributed by atoms with Crippen LogP contribution in [0.3, 0.4) is 0 Å². The molecule has 0 aromatic heterocycles. The summed E-state index contributed by atoms with van der Waals surface area (Å²) < 4.78 is 1.31. The zero-order valence-electron chi connectivity index (χ0n) is 7.10. The van der Waals surface area contributed by atoms with Crippen molar-refractivity contribution in [3.8, 4) is 0 Å². The summed E-state index contributed by atoms with van der Waals surface area (Å²) in [6, 6.07) is 4.42. The first kappa shape index (κ1) is 8.06. The molecule has 1 aliphatic rings. The maximum Gasteiger partial charge on any atom is 0.0248 e. The molecule has 1 aromatic rings. The van der Waals surface area contributed by atoms with Crippen LogP contribution in [0.1, 0.15) is 23.6 Å². The Morgan fingerprint density at radius 3 is 3.00 bits per heavy atom. The molecule has 12 heavy (non-hydrogen) atoms. The van der Waals surface area contributed by atoms with Gasteiger partial charge in [-0.1, -0.05) is 47.1 Å². The fourth-order valence-electron chi connectivity index (χ4n) is 1.63. The van der Waals surface area contributed by atoms with Crippen LogP contribution in [0.2, 0.25) is 0 Å². The average molecular weight is 223 g/mol. The lowest BCUT2D eigenvalue weighted by atomic mass is 10.0. The lowest BCUT2D eigenvalue weighted by molar-refractivity contribution is 1.10. The van der Waals surface area contributed by atoms with Crippen molar-refractivity contribution in [2.45, 2.75) is 19.8 Å². The smallest absolute Gasteiger partial charge is 0.0248 e. The van der Waals surface area contributed by atoms with E-state index in [4.69, 9.17) is 0 Å². The van der Waals surface area contributed by atoms with Gasteiger partial charge in [-0.25, -0.2) is 0 Å². The second kappa shape index (κ2) is 3.06. The summed E-state index contributed by atoms with van der Waals surface area (Å²) in [5.41, 5.74) is 4.24. The van der Waals surface area contributed by atoms with E-state index >= 15 is 0 Å². The number of fused-ring (bicyclic) bond motifs is 1. The summed E-state index contributed by atoms with van der Waals surface area (Å²) in [6.45, 7) is 2.19. The van der Waals surface area contributed by atoms with Gasteiger partial charge >= 0.3 is 0 Å². The molecule has 62 valence electrons. The Hall–Kier alpha value is -0.560. The Morgan fingerprint density at radius 1 is 1.42 bits per heavy atom. The van der Waals surface area contributed by atoms with Gasteiger partial charge in [0.1, 0.15) is 0 Å². The minimum Gasteiger partial charge on any atom is -0.0795 e. The van der Waals surface area contributed by atoms with Crippen molar-refractivity contribution in [1.82, 2.24) is 0 Å². The van der Waals surface area contributed by atoms with Crippen LogP contribution in [0.25, 0.3) is 6.08 Å². The van der Waals surface area contributed by atoms with E-state index in [1.807, 2.05) is 0 Å². The molecule has 0 radical (unpaired) electrons. The van der Waals surface area contributed by atoms with Crippen LogP contribution in [-0.4, -0.2) is 0 Å². The maximum atomic E-state index is 3.65. The normalized spacial score (nSPS) is 13.5. The third-order valence-corrected chi connectivity index (χ3v) is 3.35. The molecule has 0 spiro atoms. The molecular formula is C11H11Br. The summed E-state index contributed by atoms with van der Waals surface area (Å²) in [6.07, 6.45) is 6.60. The third-order valence-electron chi connectivity index (χ3n) is 2.36. The molecule has 0 fully saturated rings. The van der Waals surface area contributed by atoms with Crippen LogP contribution in [0, 0.1) is 0 Å². The van der Waals surface area contributed by atoms with E-state index in [0.717, 1.165) is 12.8 Å². The molecule has 0 nitrogen and oxygen atoms in total. The van der Waals surface area contributed by atoms with Crippen molar-refractivity contribution in [3.05, 3.63) is 39.4 Å². The highest BCUT2D eigenvalue weighted by molar-refractivity contribution is 9.10. The Kier molecular flexibility index (Phi) is 2.05. The minimum absolute atomic E-state index is 1.09. The molecule has 1 aliphatic carbocycles. The van der Waals surface area contributed by atoms with Crippen LogP contribution >= 0.6 is 15.9 Å². The van der Waals surface area contributed by atoms with Crippen LogP contribution in [0.15, 0.2) is 22.7 Å². The number of benzene rings is 1. The van der Waals surface area contributed by atoms with Gasteiger partial charge in [0, 0.05) is 4.47 Å². The van der Waals surface area contributed by atoms with Crippen LogP contribution in [0.5, 0.6) is 0 Å². The standard InChI is InChI=1S/C11H11Br/c1-2-8-6-7-9-4-3-5-10(9)11(8)12/h3-4,6-7H,2,5H2,1H3. The highest BCUT2D eigenvalue weighted by Crippen LogP contribution is 2.30. The van der Waals surface area contributed by atoms with E-state index in [2.05, 4.69) is 47.1 Å². The molecular weight excluding hydrogens is 212 g/mol. The predicted octanol–water partition coefficient (Wildman–Crippen LogP) is 3.58. The van der Waals surface area contributed by atoms with Crippen LogP contribution < -0.4 is 0 Å². The van der Waals surface area contributed by atoms with Crippen LogP contribution in [0.4, 0.5) is 0 Å². The summed E-state index contributed by atoms with van der Waals surface area (Å²) in [4.78, 5) is 0. The first-order valence-corrected chi connectivity index (χ1v) is 5.09. The van der Waals surface area contributed by atoms with Crippen molar-refractivity contribution in [2.24, 2.45) is 0 Å². The summed E-state index contributed by atoms with van der Waals surface area (Å²) in [5, 5.41) is 0. The molecule has 0 heterocycles. The zero-order chi connectivity index (χ0) is 8.55. The highest BCUT2D eigenvalue weighted by atomic mass is 79.9. The van der Waals surface area contributed by atoms with Gasteiger partial charge in [0.25, 0.3) is 0 Å². The number of hydrogen-bond donors (Lipinski definition) is 0. The molecule has 0 atom stereocenters. The van der Waals surface area contributed by atoms with Crippen molar-refractivity contribution < 1.29 is 0 Å². The number of aryl methyl sites for hydroxylation is 1. The van der Waals surface area contributed by atoms with Gasteiger partial charge in [-0.2, -0.15) is 0 Å². The van der Waals surface area contributed by atoms with Crippen molar-refractivity contribution in [3.63, 3.8) is 0 Å². The largest absolute Gasteiger partial charge is 0.0795 e. The molecule has 0 saturated heterocycles. The zero-order valence-corrected chi connectivity index (χ0v) is 8.69. The van der Waals surface area contributed by atoms with Gasteiger partial charge in [-0.3, -0.25) is 0 Å². The van der Waals surface area contributed by atoms with E-state index < -0.39 is 0 Å². The molecule has 0 N–H and O–H groups in total. The van der Waals surface area contributed by atoms with E-state index in [1.54, 1.807) is 0 Å². The van der Waals surface area contributed by atoms with Crippen LogP contribution in [-0.2, 0) is 12.8 Å². The Balaban J connectivity index is 2.57. The van der Waals surface area contributed by atoms with E-state index in [-0.39, 0.29) is 0 Å². The topological polar surface area (TPSA) is 0 Å². The van der Waals surface area contributed by atoms with E-state index in [9.17, 15) is 0 Å². The molecule has 0 bridgehead atoms. The van der Waals surface area contributed by atoms with Gasteiger partial charge in [0.2, 0.25) is 0 Å². The second-order valence-electron chi connectivity index (χ2n) is 3.07. The summed E-state index contributed by atoms with van der Waals surface area (Å²) in [5.74, 6) is 0. The van der Waals surface area contributed by atoms with Gasteiger partial charge in [-0.05, 0) is 29.5 Å². The fraction of sp³-hybridized carbons (Fsp3) is 0.273. The molecule has 0 amide bonds. The minimum atomic E-state index is 1.09. The highest BCUT2D eigenvalue weighted by Gasteiger charge is 2.10. The summed E-state index contributed by atoms with van der Waals surface area (Å²) >= 11 is 3.65. The van der Waals surface area contributed by atoms with Gasteiger partial charge in [0.05, 0.1) is 0 Å². The second-order valence-corrected chi connectivity index (χ2v) is 3.86. The number of hydrogen-bond acceptors (Lipinski definition) is 0. The third kappa shape index (κ3) is 1.13. The Morgan fingerprint density at radius 2 is 2.25 bits per heavy atom. The summed E-state index contributed by atoms with van der Waals surface area (Å²) in [7, 11) is 0. The quantitative estimate of drug-likeness (QED) is 0.682. The monoisotopic (exact) mass is 222 g/mol.